The van der Waals surface area contributed by atoms with Gasteiger partial charge in [-0.15, -0.1) is 11.3 Å². The minimum absolute atomic E-state index is 0.127. The van der Waals surface area contributed by atoms with Crippen molar-refractivity contribution in [2.24, 2.45) is 5.84 Å². The maximum Gasteiger partial charge on any atom is 0.0509 e. The van der Waals surface area contributed by atoms with Gasteiger partial charge in [0.25, 0.3) is 0 Å². The molecule has 1 atom stereocenters. The Bertz CT molecular complexity index is 498. The first-order valence-corrected chi connectivity index (χ1v) is 6.98. The second-order valence-electron chi connectivity index (χ2n) is 3.89. The van der Waals surface area contributed by atoms with Crippen LogP contribution in [-0.2, 0) is 6.42 Å². The molecule has 2 rings (SSSR count). The lowest BCUT2D eigenvalue weighted by Gasteiger charge is -2.15. The normalized spacial score (nSPS) is 12.6. The molecule has 0 saturated heterocycles. The molecule has 0 aliphatic rings. The van der Waals surface area contributed by atoms with Crippen LogP contribution in [0.3, 0.4) is 0 Å². The van der Waals surface area contributed by atoms with Gasteiger partial charge in [0.05, 0.1) is 6.04 Å². The molecule has 0 saturated carbocycles. The Hall–Kier alpha value is -0.750. The van der Waals surface area contributed by atoms with Crippen molar-refractivity contribution in [2.45, 2.75) is 19.4 Å². The highest BCUT2D eigenvalue weighted by Crippen LogP contribution is 2.25. The van der Waals surface area contributed by atoms with Crippen molar-refractivity contribution in [3.63, 3.8) is 0 Å². The molecule has 0 aliphatic heterocycles. The Morgan fingerprint density at radius 1 is 1.53 bits per heavy atom. The summed E-state index contributed by atoms with van der Waals surface area (Å²) in [5, 5.41) is 2.08. The van der Waals surface area contributed by atoms with Gasteiger partial charge in [0.15, 0.2) is 0 Å². The molecule has 0 radical (unpaired) electrons. The lowest BCUT2D eigenvalue weighted by Crippen LogP contribution is -2.29. The van der Waals surface area contributed by atoms with Gasteiger partial charge in [-0.05, 0) is 46.6 Å². The van der Waals surface area contributed by atoms with Crippen LogP contribution in [0.1, 0.15) is 22.2 Å². The first kappa shape index (κ1) is 12.7. The molecule has 0 aliphatic carbocycles. The van der Waals surface area contributed by atoms with Gasteiger partial charge in [0.2, 0.25) is 0 Å². The minimum Gasteiger partial charge on any atom is -0.271 e. The van der Waals surface area contributed by atoms with Crippen LogP contribution in [-0.4, -0.2) is 4.98 Å². The fourth-order valence-corrected chi connectivity index (χ4v) is 3.22. The third kappa shape index (κ3) is 3.35. The molecule has 3 N–H and O–H groups in total. The standard InChI is InChI=1S/C12H14BrN3S/c1-8-4-9(2-3-15-8)12(16-14)6-11-5-10(13)7-17-11/h2-5,7,12,16H,6,14H2,1H3. The number of hydrogen-bond acceptors (Lipinski definition) is 4. The molecular weight excluding hydrogens is 298 g/mol. The van der Waals surface area contributed by atoms with Crippen molar-refractivity contribution in [1.82, 2.24) is 10.4 Å². The Morgan fingerprint density at radius 2 is 2.35 bits per heavy atom. The van der Waals surface area contributed by atoms with Crippen LogP contribution in [0.5, 0.6) is 0 Å². The molecule has 2 aromatic heterocycles. The van der Waals surface area contributed by atoms with Crippen LogP contribution >= 0.6 is 27.3 Å². The van der Waals surface area contributed by atoms with Crippen molar-refractivity contribution in [1.29, 1.82) is 0 Å². The average molecular weight is 312 g/mol. The van der Waals surface area contributed by atoms with Crippen LogP contribution in [0.25, 0.3) is 0 Å². The van der Waals surface area contributed by atoms with Crippen molar-refractivity contribution in [3.8, 4) is 0 Å². The summed E-state index contributed by atoms with van der Waals surface area (Å²) >= 11 is 5.19. The molecule has 3 nitrogen and oxygen atoms in total. The first-order valence-electron chi connectivity index (χ1n) is 5.30. The largest absolute Gasteiger partial charge is 0.271 e. The van der Waals surface area contributed by atoms with E-state index in [9.17, 15) is 0 Å². The van der Waals surface area contributed by atoms with Crippen molar-refractivity contribution in [3.05, 3.63) is 50.4 Å². The molecule has 0 aromatic carbocycles. The fraction of sp³-hybridized carbons (Fsp3) is 0.250. The highest BCUT2D eigenvalue weighted by molar-refractivity contribution is 9.10. The van der Waals surface area contributed by atoms with E-state index < -0.39 is 0 Å². The number of aryl methyl sites for hydroxylation is 1. The van der Waals surface area contributed by atoms with Gasteiger partial charge in [-0.25, -0.2) is 0 Å². The summed E-state index contributed by atoms with van der Waals surface area (Å²) in [6, 6.07) is 6.32. The zero-order valence-electron chi connectivity index (χ0n) is 9.48. The lowest BCUT2D eigenvalue weighted by molar-refractivity contribution is 0.554. The van der Waals surface area contributed by atoms with Crippen LogP contribution in [0, 0.1) is 6.92 Å². The number of rotatable bonds is 4. The van der Waals surface area contributed by atoms with Crippen LogP contribution in [0.4, 0.5) is 0 Å². The van der Waals surface area contributed by atoms with Crippen molar-refractivity contribution < 1.29 is 0 Å². The number of hydrogen-bond donors (Lipinski definition) is 2. The summed E-state index contributed by atoms with van der Waals surface area (Å²) in [6.07, 6.45) is 2.70. The van der Waals surface area contributed by atoms with E-state index in [1.165, 1.54) is 10.4 Å². The fourth-order valence-electron chi connectivity index (χ4n) is 1.72. The van der Waals surface area contributed by atoms with E-state index >= 15 is 0 Å². The molecule has 0 spiro atoms. The smallest absolute Gasteiger partial charge is 0.0509 e. The second kappa shape index (κ2) is 5.73. The molecule has 2 aromatic rings. The Labute approximate surface area is 113 Å². The average Bonchev–Trinajstić information content (AvgIpc) is 2.72. The van der Waals surface area contributed by atoms with Gasteiger partial charge in [0, 0.05) is 33.0 Å². The SMILES string of the molecule is Cc1cc(C(Cc2cc(Br)cs2)NN)ccn1. The maximum absolute atomic E-state index is 5.63. The predicted molar refractivity (Wildman–Crippen MR) is 74.8 cm³/mol. The Morgan fingerprint density at radius 3 is 2.94 bits per heavy atom. The number of halogens is 1. The molecule has 0 amide bonds. The summed E-state index contributed by atoms with van der Waals surface area (Å²) in [6.45, 7) is 1.98. The maximum atomic E-state index is 5.63. The Balaban J connectivity index is 2.16. The van der Waals surface area contributed by atoms with E-state index in [4.69, 9.17) is 5.84 Å². The number of thiophene rings is 1. The third-order valence-corrected chi connectivity index (χ3v) is 4.27. The molecule has 2 heterocycles. The van der Waals surface area contributed by atoms with Gasteiger partial charge in [-0.2, -0.15) is 0 Å². The molecule has 17 heavy (non-hydrogen) atoms. The van der Waals surface area contributed by atoms with Crippen molar-refractivity contribution >= 4 is 27.3 Å². The number of aromatic nitrogens is 1. The molecule has 0 bridgehead atoms. The highest BCUT2D eigenvalue weighted by Gasteiger charge is 2.12. The van der Waals surface area contributed by atoms with E-state index in [1.54, 1.807) is 11.3 Å². The van der Waals surface area contributed by atoms with Crippen LogP contribution < -0.4 is 11.3 Å². The van der Waals surface area contributed by atoms with E-state index in [0.717, 1.165) is 16.6 Å². The van der Waals surface area contributed by atoms with E-state index in [1.807, 2.05) is 19.2 Å². The van der Waals surface area contributed by atoms with Gasteiger partial charge < -0.3 is 0 Å². The summed E-state index contributed by atoms with van der Waals surface area (Å²) in [4.78, 5) is 5.49. The lowest BCUT2D eigenvalue weighted by atomic mass is 10.0. The summed E-state index contributed by atoms with van der Waals surface area (Å²) in [5.41, 5.74) is 5.05. The third-order valence-electron chi connectivity index (χ3n) is 2.55. The first-order chi connectivity index (χ1) is 8.19. The summed E-state index contributed by atoms with van der Waals surface area (Å²) < 4.78 is 1.12. The van der Waals surface area contributed by atoms with E-state index in [-0.39, 0.29) is 6.04 Å². The zero-order valence-corrected chi connectivity index (χ0v) is 11.9. The van der Waals surface area contributed by atoms with E-state index in [0.29, 0.717) is 0 Å². The van der Waals surface area contributed by atoms with Gasteiger partial charge in [-0.1, -0.05) is 0 Å². The zero-order chi connectivity index (χ0) is 12.3. The minimum atomic E-state index is 0.127. The van der Waals surface area contributed by atoms with Crippen LogP contribution in [0.2, 0.25) is 0 Å². The van der Waals surface area contributed by atoms with Gasteiger partial charge >= 0.3 is 0 Å². The summed E-state index contributed by atoms with van der Waals surface area (Å²) in [5.74, 6) is 5.63. The predicted octanol–water partition coefficient (Wildman–Crippen LogP) is 2.96. The highest BCUT2D eigenvalue weighted by atomic mass is 79.9. The Kier molecular flexibility index (Phi) is 4.28. The number of pyridine rings is 1. The van der Waals surface area contributed by atoms with Crippen LogP contribution in [0.15, 0.2) is 34.2 Å². The van der Waals surface area contributed by atoms with E-state index in [2.05, 4.69) is 43.9 Å². The second-order valence-corrected chi connectivity index (χ2v) is 5.80. The molecule has 5 heteroatoms. The number of hydrazine groups is 1. The monoisotopic (exact) mass is 311 g/mol. The van der Waals surface area contributed by atoms with Gasteiger partial charge in [-0.3, -0.25) is 16.3 Å². The number of nitrogens with two attached hydrogens (primary N) is 1. The molecule has 90 valence electrons. The molecule has 1 unspecified atom stereocenters. The topological polar surface area (TPSA) is 50.9 Å². The molecule has 0 fully saturated rings. The number of nitrogens with one attached hydrogen (secondary N) is 1. The number of nitrogens with zero attached hydrogens (tertiary/aromatic N) is 1. The van der Waals surface area contributed by atoms with Crippen molar-refractivity contribution in [2.75, 3.05) is 0 Å². The van der Waals surface area contributed by atoms with Gasteiger partial charge in [0.1, 0.15) is 0 Å². The molecular formula is C12H14BrN3S. The summed E-state index contributed by atoms with van der Waals surface area (Å²) in [7, 11) is 0. The quantitative estimate of drug-likeness (QED) is 0.674.